The van der Waals surface area contributed by atoms with Gasteiger partial charge < -0.3 is 4.74 Å². The van der Waals surface area contributed by atoms with E-state index in [0.717, 1.165) is 28.2 Å². The smallest absolute Gasteiger partial charge is 0.132 e. The molecule has 0 radical (unpaired) electrons. The molecule has 0 saturated heterocycles. The van der Waals surface area contributed by atoms with Crippen LogP contribution in [0.5, 0.6) is 11.5 Å². The summed E-state index contributed by atoms with van der Waals surface area (Å²) >= 11 is 0. The van der Waals surface area contributed by atoms with Crippen molar-refractivity contribution in [1.82, 2.24) is 0 Å². The molecular formula is C54H34O. The SMILES string of the molecule is c1ccc(C2(c3ccccc3)c3ccccc3Oc3cc(-c4ccc5c(c4)C4(c6ccccc6-5)c5ccccc5-c5c4ccc4ccccc54)ccc32)cc1. The summed E-state index contributed by atoms with van der Waals surface area (Å²) in [6, 6.07) is 76.0. The lowest BCUT2D eigenvalue weighted by Gasteiger charge is -2.41. The highest BCUT2D eigenvalue weighted by Crippen LogP contribution is 2.64. The molecule has 0 bridgehead atoms. The van der Waals surface area contributed by atoms with Crippen LogP contribution < -0.4 is 4.74 Å². The van der Waals surface area contributed by atoms with Gasteiger partial charge in [0.15, 0.2) is 0 Å². The third-order valence-corrected chi connectivity index (χ3v) is 12.6. The summed E-state index contributed by atoms with van der Waals surface area (Å²) in [5.41, 5.74) is 16.7. The van der Waals surface area contributed by atoms with Gasteiger partial charge in [0, 0.05) is 11.1 Å². The van der Waals surface area contributed by atoms with Crippen LogP contribution in [-0.4, -0.2) is 0 Å². The van der Waals surface area contributed by atoms with E-state index in [1.807, 2.05) is 0 Å². The molecule has 0 N–H and O–H groups in total. The molecule has 12 rings (SSSR count). The van der Waals surface area contributed by atoms with Crippen molar-refractivity contribution in [2.45, 2.75) is 10.8 Å². The predicted octanol–water partition coefficient (Wildman–Crippen LogP) is 13.3. The molecule has 0 amide bonds. The molecule has 0 aromatic heterocycles. The zero-order valence-electron chi connectivity index (χ0n) is 30.0. The molecule has 9 aromatic rings. The van der Waals surface area contributed by atoms with Crippen molar-refractivity contribution in [1.29, 1.82) is 0 Å². The van der Waals surface area contributed by atoms with E-state index in [-0.39, 0.29) is 0 Å². The number of ether oxygens (including phenoxy) is 1. The Balaban J connectivity index is 1.10. The molecule has 0 saturated carbocycles. The van der Waals surface area contributed by atoms with E-state index in [2.05, 4.69) is 206 Å². The fourth-order valence-electron chi connectivity index (χ4n) is 10.5. The van der Waals surface area contributed by atoms with Gasteiger partial charge in [-0.25, -0.2) is 0 Å². The van der Waals surface area contributed by atoms with E-state index in [1.165, 1.54) is 72.0 Å². The first kappa shape index (κ1) is 30.5. The molecule has 1 atom stereocenters. The van der Waals surface area contributed by atoms with Crippen molar-refractivity contribution in [3.8, 4) is 44.9 Å². The number of para-hydroxylation sites is 1. The standard InChI is InChI=1S/C54H34O/c1-3-16-38(17-4-1)53(39-18-5-2-6-19-39)46-25-13-14-26-50(46)55-51-34-37(29-31-47(51)53)36-27-30-42-41-21-9-11-23-44(41)54(49(42)33-36)45-24-12-10-22-43(45)52-40-20-8-7-15-35(40)28-32-48(52)54/h1-34H. The molecule has 1 spiro atoms. The Morgan fingerprint density at radius 1 is 0.309 bits per heavy atom. The second-order valence-corrected chi connectivity index (χ2v) is 15.1. The highest BCUT2D eigenvalue weighted by Gasteiger charge is 2.52. The van der Waals surface area contributed by atoms with Crippen molar-refractivity contribution in [3.63, 3.8) is 0 Å². The van der Waals surface area contributed by atoms with Gasteiger partial charge in [-0.1, -0.05) is 188 Å². The molecule has 2 aliphatic carbocycles. The first-order valence-corrected chi connectivity index (χ1v) is 19.2. The molecule has 3 aliphatic rings. The summed E-state index contributed by atoms with van der Waals surface area (Å²) in [5.74, 6) is 1.76. The maximum atomic E-state index is 6.91. The van der Waals surface area contributed by atoms with E-state index in [0.29, 0.717) is 0 Å². The van der Waals surface area contributed by atoms with Crippen molar-refractivity contribution in [2.24, 2.45) is 0 Å². The van der Waals surface area contributed by atoms with Gasteiger partial charge in [-0.3, -0.25) is 0 Å². The van der Waals surface area contributed by atoms with E-state index < -0.39 is 10.8 Å². The molecule has 0 fully saturated rings. The number of fused-ring (bicyclic) bond motifs is 14. The highest BCUT2D eigenvalue weighted by molar-refractivity contribution is 6.06. The number of hydrogen-bond donors (Lipinski definition) is 0. The lowest BCUT2D eigenvalue weighted by atomic mass is 9.63. The Hall–Kier alpha value is -6.96. The Morgan fingerprint density at radius 3 is 1.64 bits per heavy atom. The molecule has 1 nitrogen and oxygen atoms in total. The van der Waals surface area contributed by atoms with Crippen LogP contribution in [0.15, 0.2) is 206 Å². The van der Waals surface area contributed by atoms with Crippen LogP contribution in [-0.2, 0) is 10.8 Å². The van der Waals surface area contributed by atoms with Crippen molar-refractivity contribution in [2.75, 3.05) is 0 Å². The Labute approximate surface area is 320 Å². The summed E-state index contributed by atoms with van der Waals surface area (Å²) in [6.07, 6.45) is 0. The molecule has 9 aromatic carbocycles. The topological polar surface area (TPSA) is 9.23 Å². The monoisotopic (exact) mass is 698 g/mol. The summed E-state index contributed by atoms with van der Waals surface area (Å²) < 4.78 is 6.91. The predicted molar refractivity (Wildman–Crippen MR) is 224 cm³/mol. The number of rotatable bonds is 3. The van der Waals surface area contributed by atoms with Gasteiger partial charge in [-0.15, -0.1) is 0 Å². The Kier molecular flexibility index (Phi) is 6.25. The van der Waals surface area contributed by atoms with Crippen LogP contribution >= 0.6 is 0 Å². The average Bonchev–Trinajstić information content (AvgIpc) is 3.73. The van der Waals surface area contributed by atoms with Crippen LogP contribution in [0.25, 0.3) is 44.2 Å². The minimum absolute atomic E-state index is 0.433. The van der Waals surface area contributed by atoms with Crippen LogP contribution in [0, 0.1) is 0 Å². The summed E-state index contributed by atoms with van der Waals surface area (Å²) in [5, 5.41) is 2.57. The zero-order valence-corrected chi connectivity index (χ0v) is 30.0. The quantitative estimate of drug-likeness (QED) is 0.178. The van der Waals surface area contributed by atoms with Gasteiger partial charge in [0.1, 0.15) is 11.5 Å². The van der Waals surface area contributed by atoms with Crippen molar-refractivity contribution >= 4 is 10.8 Å². The van der Waals surface area contributed by atoms with Crippen molar-refractivity contribution < 1.29 is 4.74 Å². The van der Waals surface area contributed by atoms with E-state index in [4.69, 9.17) is 4.74 Å². The molecule has 256 valence electrons. The Morgan fingerprint density at radius 2 is 0.855 bits per heavy atom. The summed E-state index contributed by atoms with van der Waals surface area (Å²) in [4.78, 5) is 0. The lowest BCUT2D eigenvalue weighted by molar-refractivity contribution is 0.435. The molecule has 1 heteroatoms. The number of hydrogen-bond acceptors (Lipinski definition) is 1. The summed E-state index contributed by atoms with van der Waals surface area (Å²) in [6.45, 7) is 0. The van der Waals surface area contributed by atoms with Gasteiger partial charge in [-0.05, 0) is 95.7 Å². The second kappa shape index (κ2) is 11.3. The highest BCUT2D eigenvalue weighted by atomic mass is 16.5. The molecule has 1 heterocycles. The van der Waals surface area contributed by atoms with Crippen LogP contribution in [0.2, 0.25) is 0 Å². The third kappa shape index (κ3) is 3.92. The van der Waals surface area contributed by atoms with Gasteiger partial charge in [0.2, 0.25) is 0 Å². The van der Waals surface area contributed by atoms with E-state index >= 15 is 0 Å². The van der Waals surface area contributed by atoms with Gasteiger partial charge >= 0.3 is 0 Å². The fourth-order valence-corrected chi connectivity index (χ4v) is 10.5. The third-order valence-electron chi connectivity index (χ3n) is 12.6. The van der Waals surface area contributed by atoms with Gasteiger partial charge in [0.05, 0.1) is 10.8 Å². The molecule has 1 unspecified atom stereocenters. The average molecular weight is 699 g/mol. The molecule has 55 heavy (non-hydrogen) atoms. The molecule has 1 aliphatic heterocycles. The van der Waals surface area contributed by atoms with Crippen LogP contribution in [0.4, 0.5) is 0 Å². The van der Waals surface area contributed by atoms with E-state index in [9.17, 15) is 0 Å². The largest absolute Gasteiger partial charge is 0.457 e. The van der Waals surface area contributed by atoms with Gasteiger partial charge in [0.25, 0.3) is 0 Å². The normalized spacial score (nSPS) is 16.4. The zero-order chi connectivity index (χ0) is 36.1. The molecular weight excluding hydrogens is 665 g/mol. The summed E-state index contributed by atoms with van der Waals surface area (Å²) in [7, 11) is 0. The second-order valence-electron chi connectivity index (χ2n) is 15.1. The fraction of sp³-hybridized carbons (Fsp3) is 0.0370. The Bertz CT molecular complexity index is 2970. The maximum absolute atomic E-state index is 6.91. The van der Waals surface area contributed by atoms with Crippen molar-refractivity contribution in [3.05, 3.63) is 251 Å². The van der Waals surface area contributed by atoms with Crippen LogP contribution in [0.1, 0.15) is 44.5 Å². The van der Waals surface area contributed by atoms with E-state index in [1.54, 1.807) is 0 Å². The first-order chi connectivity index (χ1) is 27.3. The lowest BCUT2D eigenvalue weighted by Crippen LogP contribution is -2.34. The minimum Gasteiger partial charge on any atom is -0.457 e. The van der Waals surface area contributed by atoms with Crippen LogP contribution in [0.3, 0.4) is 0 Å². The minimum atomic E-state index is -0.547. The number of benzene rings is 9. The maximum Gasteiger partial charge on any atom is 0.132 e. The first-order valence-electron chi connectivity index (χ1n) is 19.2. The van der Waals surface area contributed by atoms with Gasteiger partial charge in [-0.2, -0.15) is 0 Å².